The molecule has 0 fully saturated rings. The van der Waals surface area contributed by atoms with Crippen LogP contribution in [0.15, 0.2) is 48.9 Å². The van der Waals surface area contributed by atoms with Gasteiger partial charge in [-0.15, -0.1) is 0 Å². The number of rotatable bonds is 4. The maximum absolute atomic E-state index is 12.6. The Morgan fingerprint density at radius 3 is 2.12 bits per heavy atom. The third-order valence-electron chi connectivity index (χ3n) is 3.33. The van der Waals surface area contributed by atoms with Crippen molar-refractivity contribution >= 4 is 40.4 Å². The molecule has 4 N–H and O–H groups in total. The summed E-state index contributed by atoms with van der Waals surface area (Å²) in [5, 5.41) is 6.26. The van der Waals surface area contributed by atoms with Crippen molar-refractivity contribution in [1.82, 2.24) is 15.0 Å². The summed E-state index contributed by atoms with van der Waals surface area (Å²) >= 11 is 5.78. The maximum Gasteiger partial charge on any atom is 0.416 e. The van der Waals surface area contributed by atoms with Gasteiger partial charge in [-0.25, -0.2) is 15.0 Å². The van der Waals surface area contributed by atoms with E-state index in [1.54, 1.807) is 12.1 Å². The minimum Gasteiger partial charge on any atom is -0.393 e. The number of hydrogen-bond acceptors (Lipinski definition) is 6. The minimum absolute atomic E-state index is 0.184. The zero-order chi connectivity index (χ0) is 18.7. The van der Waals surface area contributed by atoms with Gasteiger partial charge >= 0.3 is 6.18 Å². The van der Waals surface area contributed by atoms with Gasteiger partial charge in [-0.1, -0.05) is 11.6 Å². The van der Waals surface area contributed by atoms with Crippen LogP contribution in [0.3, 0.4) is 0 Å². The van der Waals surface area contributed by atoms with Crippen LogP contribution in [0.25, 0.3) is 0 Å². The number of hydrogen-bond donors (Lipinski definition) is 3. The molecule has 0 saturated heterocycles. The number of pyridine rings is 1. The number of nitrogens with zero attached hydrogens (tertiary/aromatic N) is 3. The fourth-order valence-corrected chi connectivity index (χ4v) is 2.16. The average Bonchev–Trinajstić information content (AvgIpc) is 2.60. The second-order valence-corrected chi connectivity index (χ2v) is 5.61. The van der Waals surface area contributed by atoms with E-state index in [1.807, 2.05) is 0 Å². The second-order valence-electron chi connectivity index (χ2n) is 5.17. The Hall–Kier alpha value is -3.07. The lowest BCUT2D eigenvalue weighted by molar-refractivity contribution is -0.137. The summed E-state index contributed by atoms with van der Waals surface area (Å²) in [6, 6.07) is 7.81. The van der Waals surface area contributed by atoms with Gasteiger partial charge in [0.15, 0.2) is 11.6 Å². The monoisotopic (exact) mass is 380 g/mol. The summed E-state index contributed by atoms with van der Waals surface area (Å²) in [7, 11) is 0. The fraction of sp³-hybridized carbons (Fsp3) is 0.0625. The molecule has 134 valence electrons. The first-order chi connectivity index (χ1) is 12.3. The van der Waals surface area contributed by atoms with Crippen LogP contribution in [0.2, 0.25) is 5.02 Å². The van der Waals surface area contributed by atoms with Gasteiger partial charge in [0.1, 0.15) is 17.8 Å². The van der Waals surface area contributed by atoms with Crippen LogP contribution in [-0.4, -0.2) is 15.0 Å². The highest BCUT2D eigenvalue weighted by Crippen LogP contribution is 2.31. The van der Waals surface area contributed by atoms with Crippen molar-refractivity contribution in [1.29, 1.82) is 0 Å². The topological polar surface area (TPSA) is 88.8 Å². The zero-order valence-electron chi connectivity index (χ0n) is 13.0. The molecule has 0 spiro atoms. The largest absolute Gasteiger partial charge is 0.416 e. The van der Waals surface area contributed by atoms with Crippen molar-refractivity contribution in [3.8, 4) is 0 Å². The molecule has 6 nitrogen and oxygen atoms in total. The number of alkyl halides is 3. The maximum atomic E-state index is 12.6. The van der Waals surface area contributed by atoms with E-state index in [0.717, 1.165) is 12.1 Å². The molecule has 3 rings (SSSR count). The summed E-state index contributed by atoms with van der Waals surface area (Å²) in [6.07, 6.45) is -1.67. The molecular weight excluding hydrogens is 369 g/mol. The van der Waals surface area contributed by atoms with Gasteiger partial charge in [0.2, 0.25) is 0 Å². The third kappa shape index (κ3) is 4.12. The van der Waals surface area contributed by atoms with Gasteiger partial charge in [0, 0.05) is 11.9 Å². The molecule has 0 bridgehead atoms. The molecule has 0 atom stereocenters. The first kappa shape index (κ1) is 17.7. The predicted molar refractivity (Wildman–Crippen MR) is 93.7 cm³/mol. The molecule has 3 aromatic rings. The number of nitrogens with one attached hydrogen (secondary N) is 2. The van der Waals surface area contributed by atoms with Crippen molar-refractivity contribution in [2.45, 2.75) is 6.18 Å². The Kier molecular flexibility index (Phi) is 4.81. The van der Waals surface area contributed by atoms with E-state index in [9.17, 15) is 13.2 Å². The molecule has 0 unspecified atom stereocenters. The summed E-state index contributed by atoms with van der Waals surface area (Å²) in [6.45, 7) is 0. The Labute approximate surface area is 151 Å². The molecule has 2 heterocycles. The molecule has 0 aliphatic rings. The number of aromatic nitrogens is 3. The van der Waals surface area contributed by atoms with E-state index in [0.29, 0.717) is 22.3 Å². The molecule has 0 saturated carbocycles. The molecule has 26 heavy (non-hydrogen) atoms. The Morgan fingerprint density at radius 2 is 1.54 bits per heavy atom. The van der Waals surface area contributed by atoms with Gasteiger partial charge in [-0.3, -0.25) is 0 Å². The summed E-state index contributed by atoms with van der Waals surface area (Å²) in [4.78, 5) is 12.1. The van der Waals surface area contributed by atoms with Crippen LogP contribution >= 0.6 is 11.6 Å². The van der Waals surface area contributed by atoms with Gasteiger partial charge in [-0.05, 0) is 36.4 Å². The summed E-state index contributed by atoms with van der Waals surface area (Å²) in [5.74, 6) is 1.01. The van der Waals surface area contributed by atoms with E-state index in [-0.39, 0.29) is 11.5 Å². The smallest absolute Gasteiger partial charge is 0.393 e. The SMILES string of the molecule is Nc1c(Nc2ccc(C(F)(F)F)cc2)ncnc1Nc1ccc(Cl)cn1. The van der Waals surface area contributed by atoms with E-state index in [2.05, 4.69) is 25.6 Å². The van der Waals surface area contributed by atoms with Gasteiger partial charge in [0.05, 0.1) is 10.6 Å². The predicted octanol–water partition coefficient (Wildman–Crippen LogP) is 4.61. The van der Waals surface area contributed by atoms with Crippen LogP contribution in [0, 0.1) is 0 Å². The van der Waals surface area contributed by atoms with Gasteiger partial charge < -0.3 is 16.4 Å². The molecule has 0 radical (unpaired) electrons. The van der Waals surface area contributed by atoms with E-state index < -0.39 is 11.7 Å². The average molecular weight is 381 g/mol. The number of nitrogen functional groups attached to an aromatic ring is 1. The van der Waals surface area contributed by atoms with Gasteiger partial charge in [0.25, 0.3) is 0 Å². The zero-order valence-corrected chi connectivity index (χ0v) is 13.8. The lowest BCUT2D eigenvalue weighted by Gasteiger charge is -2.13. The number of anilines is 5. The first-order valence-corrected chi connectivity index (χ1v) is 7.64. The Bertz CT molecular complexity index is 897. The summed E-state index contributed by atoms with van der Waals surface area (Å²) < 4.78 is 37.8. The molecule has 1 aromatic carbocycles. The molecule has 2 aromatic heterocycles. The number of nitrogens with two attached hydrogens (primary N) is 1. The highest BCUT2D eigenvalue weighted by Gasteiger charge is 2.29. The van der Waals surface area contributed by atoms with Crippen LogP contribution in [0.4, 0.5) is 42.0 Å². The number of halogens is 4. The van der Waals surface area contributed by atoms with Crippen molar-refractivity contribution in [2.24, 2.45) is 0 Å². The van der Waals surface area contributed by atoms with Crippen LogP contribution < -0.4 is 16.4 Å². The van der Waals surface area contributed by atoms with Gasteiger partial charge in [-0.2, -0.15) is 13.2 Å². The Balaban J connectivity index is 1.79. The lowest BCUT2D eigenvalue weighted by atomic mass is 10.2. The first-order valence-electron chi connectivity index (χ1n) is 7.26. The quantitative estimate of drug-likeness (QED) is 0.612. The molecule has 0 aliphatic carbocycles. The molecular formula is C16H12ClF3N6. The Morgan fingerprint density at radius 1 is 0.885 bits per heavy atom. The van der Waals surface area contributed by atoms with Crippen LogP contribution in [0.1, 0.15) is 5.56 Å². The molecule has 0 aliphatic heterocycles. The standard InChI is InChI=1S/C16H12ClF3N6/c17-10-3-6-12(22-7-10)26-15-13(21)14(23-8-24-15)25-11-4-1-9(2-5-11)16(18,19)20/h1-8H,21H2,(H2,22,23,24,25,26). The lowest BCUT2D eigenvalue weighted by Crippen LogP contribution is -2.07. The van der Waals surface area contributed by atoms with E-state index in [4.69, 9.17) is 17.3 Å². The van der Waals surface area contributed by atoms with Crippen molar-refractivity contribution in [2.75, 3.05) is 16.4 Å². The highest BCUT2D eigenvalue weighted by molar-refractivity contribution is 6.30. The highest BCUT2D eigenvalue weighted by atomic mass is 35.5. The van der Waals surface area contributed by atoms with E-state index in [1.165, 1.54) is 24.7 Å². The number of benzene rings is 1. The van der Waals surface area contributed by atoms with Crippen LogP contribution in [0.5, 0.6) is 0 Å². The fourth-order valence-electron chi connectivity index (χ4n) is 2.05. The minimum atomic E-state index is -4.39. The second kappa shape index (κ2) is 7.04. The third-order valence-corrected chi connectivity index (χ3v) is 3.56. The molecule has 0 amide bonds. The van der Waals surface area contributed by atoms with Crippen molar-refractivity contribution in [3.63, 3.8) is 0 Å². The summed E-state index contributed by atoms with van der Waals surface area (Å²) in [5.41, 5.74) is 5.87. The van der Waals surface area contributed by atoms with Crippen molar-refractivity contribution in [3.05, 3.63) is 59.5 Å². The van der Waals surface area contributed by atoms with Crippen LogP contribution in [-0.2, 0) is 6.18 Å². The normalized spacial score (nSPS) is 11.2. The van der Waals surface area contributed by atoms with E-state index >= 15 is 0 Å². The molecule has 10 heteroatoms. The van der Waals surface area contributed by atoms with Crippen molar-refractivity contribution < 1.29 is 13.2 Å².